The van der Waals surface area contributed by atoms with Crippen molar-refractivity contribution in [3.63, 3.8) is 0 Å². The van der Waals surface area contributed by atoms with Crippen LogP contribution in [0.2, 0.25) is 0 Å². The summed E-state index contributed by atoms with van der Waals surface area (Å²) in [6, 6.07) is 39.3. The standard InChI is InChI=1S/C35H34N2O/c38-35(34-19-11-10-18-31(34)21-20-28-12-4-1-5-13-28)36-32-22-25-37(26-23-32)27-24-33(29-14-6-2-7-15-29)30-16-8-3-9-17-30/h1-19,32-33H,22-27H2,(H,36,38). The molecule has 190 valence electrons. The summed E-state index contributed by atoms with van der Waals surface area (Å²) >= 11 is 0. The fourth-order valence-corrected chi connectivity index (χ4v) is 5.22. The van der Waals surface area contributed by atoms with E-state index in [0.717, 1.165) is 50.0 Å². The average Bonchev–Trinajstić information content (AvgIpc) is 2.99. The molecule has 0 saturated carbocycles. The third-order valence-electron chi connectivity index (χ3n) is 7.35. The number of rotatable bonds is 7. The first-order chi connectivity index (χ1) is 18.8. The van der Waals surface area contributed by atoms with Crippen LogP contribution < -0.4 is 5.32 Å². The largest absolute Gasteiger partial charge is 0.349 e. The van der Waals surface area contributed by atoms with Crippen molar-refractivity contribution < 1.29 is 4.79 Å². The minimum atomic E-state index is -0.0327. The molecular weight excluding hydrogens is 464 g/mol. The fraction of sp³-hybridized carbons (Fsp3) is 0.229. The van der Waals surface area contributed by atoms with Gasteiger partial charge in [0.15, 0.2) is 0 Å². The van der Waals surface area contributed by atoms with E-state index < -0.39 is 0 Å². The van der Waals surface area contributed by atoms with E-state index in [9.17, 15) is 4.79 Å². The van der Waals surface area contributed by atoms with Gasteiger partial charge in [-0.15, -0.1) is 0 Å². The number of carbonyl (C=O) groups excluding carboxylic acids is 1. The van der Waals surface area contributed by atoms with Crippen molar-refractivity contribution in [2.45, 2.75) is 31.2 Å². The van der Waals surface area contributed by atoms with Crippen LogP contribution in [-0.2, 0) is 0 Å². The lowest BCUT2D eigenvalue weighted by atomic mass is 9.88. The molecule has 3 heteroatoms. The highest BCUT2D eigenvalue weighted by Crippen LogP contribution is 2.28. The Morgan fingerprint density at radius 1 is 0.737 bits per heavy atom. The Balaban J connectivity index is 1.16. The third kappa shape index (κ3) is 6.79. The number of benzene rings is 4. The van der Waals surface area contributed by atoms with Crippen molar-refractivity contribution in [1.82, 2.24) is 10.2 Å². The maximum Gasteiger partial charge on any atom is 0.252 e. The van der Waals surface area contributed by atoms with Crippen molar-refractivity contribution in [3.8, 4) is 11.8 Å². The first-order valence-corrected chi connectivity index (χ1v) is 13.6. The highest BCUT2D eigenvalue weighted by molar-refractivity contribution is 5.97. The van der Waals surface area contributed by atoms with Crippen LogP contribution in [0, 0.1) is 11.8 Å². The van der Waals surface area contributed by atoms with Crippen LogP contribution in [0.3, 0.4) is 0 Å². The maximum absolute atomic E-state index is 13.2. The molecule has 0 aliphatic carbocycles. The molecule has 1 aliphatic heterocycles. The Morgan fingerprint density at radius 2 is 1.29 bits per heavy atom. The molecular formula is C35H34N2O. The number of carbonyl (C=O) groups is 1. The van der Waals surface area contributed by atoms with Crippen molar-refractivity contribution in [2.75, 3.05) is 19.6 Å². The van der Waals surface area contributed by atoms with Gasteiger partial charge in [-0.2, -0.15) is 0 Å². The molecule has 4 aromatic rings. The van der Waals surface area contributed by atoms with Gasteiger partial charge in [0.05, 0.1) is 5.56 Å². The molecule has 1 amide bonds. The number of nitrogens with one attached hydrogen (secondary N) is 1. The molecule has 0 atom stereocenters. The molecule has 0 aromatic heterocycles. The highest BCUT2D eigenvalue weighted by Gasteiger charge is 2.23. The van der Waals surface area contributed by atoms with E-state index in [4.69, 9.17) is 0 Å². The first kappa shape index (κ1) is 25.5. The molecule has 0 radical (unpaired) electrons. The van der Waals surface area contributed by atoms with E-state index in [2.05, 4.69) is 82.7 Å². The van der Waals surface area contributed by atoms with Gasteiger partial charge in [0.2, 0.25) is 0 Å². The number of hydrogen-bond donors (Lipinski definition) is 1. The highest BCUT2D eigenvalue weighted by atomic mass is 16.1. The fourth-order valence-electron chi connectivity index (χ4n) is 5.22. The van der Waals surface area contributed by atoms with Crippen LogP contribution in [0.4, 0.5) is 0 Å². The topological polar surface area (TPSA) is 32.3 Å². The van der Waals surface area contributed by atoms with Gasteiger partial charge in [-0.3, -0.25) is 4.79 Å². The first-order valence-electron chi connectivity index (χ1n) is 13.6. The normalized spacial score (nSPS) is 14.0. The Hall–Kier alpha value is -4.13. The van der Waals surface area contributed by atoms with Crippen LogP contribution in [0.25, 0.3) is 0 Å². The summed E-state index contributed by atoms with van der Waals surface area (Å²) in [6.45, 7) is 3.04. The number of likely N-dealkylation sites (tertiary alicyclic amines) is 1. The molecule has 1 saturated heterocycles. The molecule has 3 nitrogen and oxygen atoms in total. The van der Waals surface area contributed by atoms with Gasteiger partial charge in [-0.05, 0) is 61.2 Å². The molecule has 4 aromatic carbocycles. The Kier molecular flexibility index (Phi) is 8.66. The Labute approximate surface area is 226 Å². The SMILES string of the molecule is O=C(NC1CCN(CCC(c2ccccc2)c2ccccc2)CC1)c1ccccc1C#Cc1ccccc1. The van der Waals surface area contributed by atoms with E-state index in [0.29, 0.717) is 11.5 Å². The number of hydrogen-bond acceptors (Lipinski definition) is 2. The van der Waals surface area contributed by atoms with Gasteiger partial charge in [0, 0.05) is 36.2 Å². The second kappa shape index (κ2) is 12.9. The predicted octanol–water partition coefficient (Wildman–Crippen LogP) is 6.50. The second-order valence-corrected chi connectivity index (χ2v) is 9.91. The molecule has 1 N–H and O–H groups in total. The number of amides is 1. The molecule has 1 fully saturated rings. The molecule has 0 bridgehead atoms. The van der Waals surface area contributed by atoms with E-state index in [1.165, 1.54) is 11.1 Å². The summed E-state index contributed by atoms with van der Waals surface area (Å²) < 4.78 is 0. The van der Waals surface area contributed by atoms with Crippen LogP contribution >= 0.6 is 0 Å². The van der Waals surface area contributed by atoms with Gasteiger partial charge in [-0.25, -0.2) is 0 Å². The molecule has 1 heterocycles. The van der Waals surface area contributed by atoms with Crippen molar-refractivity contribution in [1.29, 1.82) is 0 Å². The summed E-state index contributed by atoms with van der Waals surface area (Å²) in [5, 5.41) is 3.28. The van der Waals surface area contributed by atoms with E-state index >= 15 is 0 Å². The smallest absolute Gasteiger partial charge is 0.252 e. The quantitative estimate of drug-likeness (QED) is 0.295. The van der Waals surface area contributed by atoms with Crippen LogP contribution in [0.5, 0.6) is 0 Å². The van der Waals surface area contributed by atoms with Crippen LogP contribution in [0.15, 0.2) is 115 Å². The minimum absolute atomic E-state index is 0.0327. The molecule has 5 rings (SSSR count). The third-order valence-corrected chi connectivity index (χ3v) is 7.35. The summed E-state index contributed by atoms with van der Waals surface area (Å²) in [4.78, 5) is 15.7. The molecule has 0 unspecified atom stereocenters. The van der Waals surface area contributed by atoms with E-state index in [1.807, 2.05) is 54.6 Å². The summed E-state index contributed by atoms with van der Waals surface area (Å²) in [7, 11) is 0. The van der Waals surface area contributed by atoms with Crippen LogP contribution in [-0.4, -0.2) is 36.5 Å². The Morgan fingerprint density at radius 3 is 1.92 bits per heavy atom. The average molecular weight is 499 g/mol. The zero-order chi connectivity index (χ0) is 26.0. The van der Waals surface area contributed by atoms with Gasteiger partial charge in [-0.1, -0.05) is 103 Å². The Bertz CT molecular complexity index is 1330. The second-order valence-electron chi connectivity index (χ2n) is 9.91. The van der Waals surface area contributed by atoms with Crippen molar-refractivity contribution in [3.05, 3.63) is 143 Å². The van der Waals surface area contributed by atoms with E-state index in [1.54, 1.807) is 0 Å². The zero-order valence-electron chi connectivity index (χ0n) is 21.7. The van der Waals surface area contributed by atoms with Gasteiger partial charge in [0.25, 0.3) is 5.91 Å². The van der Waals surface area contributed by atoms with Gasteiger partial charge in [0.1, 0.15) is 0 Å². The zero-order valence-corrected chi connectivity index (χ0v) is 21.7. The molecule has 0 spiro atoms. The summed E-state index contributed by atoms with van der Waals surface area (Å²) in [6.07, 6.45) is 3.01. The van der Waals surface area contributed by atoms with Gasteiger partial charge < -0.3 is 10.2 Å². The van der Waals surface area contributed by atoms with Crippen molar-refractivity contribution >= 4 is 5.91 Å². The molecule has 1 aliphatic rings. The number of nitrogens with zero attached hydrogens (tertiary/aromatic N) is 1. The maximum atomic E-state index is 13.2. The summed E-state index contributed by atoms with van der Waals surface area (Å²) in [5.41, 5.74) is 5.09. The van der Waals surface area contributed by atoms with Crippen LogP contribution in [0.1, 0.15) is 57.8 Å². The summed E-state index contributed by atoms with van der Waals surface area (Å²) in [5.74, 6) is 6.72. The van der Waals surface area contributed by atoms with E-state index in [-0.39, 0.29) is 11.9 Å². The predicted molar refractivity (Wildman–Crippen MR) is 155 cm³/mol. The lowest BCUT2D eigenvalue weighted by Gasteiger charge is -2.33. The lowest BCUT2D eigenvalue weighted by Crippen LogP contribution is -2.45. The van der Waals surface area contributed by atoms with Crippen molar-refractivity contribution in [2.24, 2.45) is 0 Å². The van der Waals surface area contributed by atoms with Gasteiger partial charge >= 0.3 is 0 Å². The molecule has 38 heavy (non-hydrogen) atoms. The lowest BCUT2D eigenvalue weighted by molar-refractivity contribution is 0.0910. The monoisotopic (exact) mass is 498 g/mol. The number of piperidine rings is 1. The minimum Gasteiger partial charge on any atom is -0.349 e.